The lowest BCUT2D eigenvalue weighted by atomic mass is 10.1. The first-order valence-electron chi connectivity index (χ1n) is 10.6. The highest BCUT2D eigenvalue weighted by Gasteiger charge is 2.08. The number of hydrogen-bond donors (Lipinski definition) is 2. The fourth-order valence-corrected chi connectivity index (χ4v) is 2.91. The molecule has 1 heterocycles. The smallest absolute Gasteiger partial charge is 0.191 e. The Morgan fingerprint density at radius 3 is 2.57 bits per heavy atom. The van der Waals surface area contributed by atoms with Crippen LogP contribution in [0.1, 0.15) is 62.3 Å². The number of benzene rings is 1. The summed E-state index contributed by atoms with van der Waals surface area (Å²) >= 11 is 0. The maximum absolute atomic E-state index is 6.07. The molecule has 168 valence electrons. The van der Waals surface area contributed by atoms with Gasteiger partial charge in [0.15, 0.2) is 11.8 Å². The lowest BCUT2D eigenvalue weighted by molar-refractivity contribution is 0.302. The van der Waals surface area contributed by atoms with Crippen LogP contribution in [0.4, 0.5) is 0 Å². The van der Waals surface area contributed by atoms with Gasteiger partial charge in [0.2, 0.25) is 0 Å². The lowest BCUT2D eigenvalue weighted by Gasteiger charge is -2.13. The highest BCUT2D eigenvalue weighted by molar-refractivity contribution is 14.0. The number of nitrogens with one attached hydrogen (secondary N) is 2. The van der Waals surface area contributed by atoms with Crippen molar-refractivity contribution in [3.05, 3.63) is 41.0 Å². The van der Waals surface area contributed by atoms with E-state index in [0.29, 0.717) is 13.1 Å². The average Bonchev–Trinajstić information content (AvgIpc) is 3.03. The van der Waals surface area contributed by atoms with Crippen LogP contribution in [0.15, 0.2) is 23.2 Å². The summed E-state index contributed by atoms with van der Waals surface area (Å²) in [6, 6.07) is 6.32. The van der Waals surface area contributed by atoms with Gasteiger partial charge >= 0.3 is 0 Å². The maximum atomic E-state index is 6.07. The Morgan fingerprint density at radius 2 is 1.90 bits per heavy atom. The first-order valence-corrected chi connectivity index (χ1v) is 10.6. The monoisotopic (exact) mass is 528 g/mol. The molecule has 0 aliphatic heterocycles. The molecule has 1 aromatic carbocycles. The third kappa shape index (κ3) is 8.49. The van der Waals surface area contributed by atoms with Crippen LogP contribution in [0.25, 0.3) is 0 Å². The molecule has 0 fully saturated rings. The zero-order valence-electron chi connectivity index (χ0n) is 19.0. The number of hydrogen-bond acceptors (Lipinski definition) is 4. The van der Waals surface area contributed by atoms with Gasteiger partial charge in [-0.25, -0.2) is 4.99 Å². The van der Waals surface area contributed by atoms with Gasteiger partial charge in [-0.3, -0.25) is 0 Å². The van der Waals surface area contributed by atoms with Crippen molar-refractivity contribution in [1.82, 2.24) is 25.4 Å². The second-order valence-electron chi connectivity index (χ2n) is 7.29. The lowest BCUT2D eigenvalue weighted by Crippen LogP contribution is -2.37. The molecule has 0 aliphatic rings. The van der Waals surface area contributed by atoms with E-state index in [1.807, 2.05) is 18.5 Å². The number of rotatable bonds is 11. The Labute approximate surface area is 198 Å². The number of nitrogens with zero attached hydrogens (tertiary/aromatic N) is 4. The molecule has 0 atom stereocenters. The molecule has 7 nitrogen and oxygen atoms in total. The van der Waals surface area contributed by atoms with Crippen molar-refractivity contribution in [2.24, 2.45) is 12.0 Å². The number of guanidine groups is 1. The largest absolute Gasteiger partial charge is 0.493 e. The van der Waals surface area contributed by atoms with Gasteiger partial charge in [0.25, 0.3) is 0 Å². The Balaban J connectivity index is 0.00000450. The Bertz CT molecular complexity index is 790. The van der Waals surface area contributed by atoms with Gasteiger partial charge in [0, 0.05) is 19.2 Å². The molecular weight excluding hydrogens is 491 g/mol. The van der Waals surface area contributed by atoms with Crippen LogP contribution >= 0.6 is 24.0 Å². The second kappa shape index (κ2) is 14.2. The van der Waals surface area contributed by atoms with E-state index in [2.05, 4.69) is 59.8 Å². The Hall–Kier alpha value is -1.84. The van der Waals surface area contributed by atoms with Crippen molar-refractivity contribution < 1.29 is 4.74 Å². The van der Waals surface area contributed by atoms with E-state index in [9.17, 15) is 0 Å². The van der Waals surface area contributed by atoms with Gasteiger partial charge in [-0.05, 0) is 38.8 Å². The number of halogens is 1. The predicted molar refractivity (Wildman–Crippen MR) is 134 cm³/mol. The molecule has 30 heavy (non-hydrogen) atoms. The molecule has 2 N–H and O–H groups in total. The molecule has 0 spiro atoms. The molecule has 8 heteroatoms. The summed E-state index contributed by atoms with van der Waals surface area (Å²) in [5, 5.41) is 14.9. The topological polar surface area (TPSA) is 76.4 Å². The first kappa shape index (κ1) is 26.2. The third-order valence-corrected chi connectivity index (χ3v) is 4.83. The summed E-state index contributed by atoms with van der Waals surface area (Å²) in [7, 11) is 1.97. The molecule has 2 aromatic rings. The van der Waals surface area contributed by atoms with Crippen molar-refractivity contribution >= 4 is 29.9 Å². The van der Waals surface area contributed by atoms with Crippen LogP contribution in [0.5, 0.6) is 5.75 Å². The van der Waals surface area contributed by atoms with Crippen molar-refractivity contribution in [3.63, 3.8) is 0 Å². The third-order valence-electron chi connectivity index (χ3n) is 4.83. The number of aromatic nitrogens is 3. The van der Waals surface area contributed by atoms with Crippen molar-refractivity contribution in [2.75, 3.05) is 13.2 Å². The highest BCUT2D eigenvalue weighted by atomic mass is 127. The van der Waals surface area contributed by atoms with Gasteiger partial charge in [-0.1, -0.05) is 38.3 Å². The van der Waals surface area contributed by atoms with E-state index in [0.717, 1.165) is 48.5 Å². The Morgan fingerprint density at radius 1 is 1.10 bits per heavy atom. The standard InChI is InChI=1S/C22H36N6O.HI/c1-6-8-9-10-13-29-20-14-17(3)11-12-19(20)15-24-22(23-7-2)25-16-21-27-26-18(4)28(21)5;/h11-12,14H,6-10,13,15-16H2,1-5H3,(H2,23,24,25);1H. The summed E-state index contributed by atoms with van der Waals surface area (Å²) in [5.74, 6) is 3.45. The van der Waals surface area contributed by atoms with Crippen LogP contribution in [0.2, 0.25) is 0 Å². The Kier molecular flexibility index (Phi) is 12.4. The number of aryl methyl sites for hydroxylation is 2. The minimum Gasteiger partial charge on any atom is -0.493 e. The molecule has 1 aromatic heterocycles. The van der Waals surface area contributed by atoms with Gasteiger partial charge in [-0.15, -0.1) is 34.2 Å². The number of ether oxygens (including phenoxy) is 1. The van der Waals surface area contributed by atoms with Crippen LogP contribution in [0, 0.1) is 13.8 Å². The van der Waals surface area contributed by atoms with Crippen LogP contribution in [-0.4, -0.2) is 33.9 Å². The van der Waals surface area contributed by atoms with Crippen molar-refractivity contribution in [1.29, 1.82) is 0 Å². The van der Waals surface area contributed by atoms with Gasteiger partial charge in [0.1, 0.15) is 11.6 Å². The molecule has 0 amide bonds. The van der Waals surface area contributed by atoms with E-state index in [-0.39, 0.29) is 24.0 Å². The van der Waals surface area contributed by atoms with E-state index >= 15 is 0 Å². The quantitative estimate of drug-likeness (QED) is 0.197. The molecule has 0 saturated carbocycles. The normalized spacial score (nSPS) is 11.2. The maximum Gasteiger partial charge on any atom is 0.191 e. The molecule has 0 saturated heterocycles. The SMILES string of the molecule is CCCCCCOc1cc(C)ccc1CN=C(NCC)NCc1nnc(C)n1C.I. The van der Waals surface area contributed by atoms with Crippen molar-refractivity contribution in [2.45, 2.75) is 66.5 Å². The van der Waals surface area contributed by atoms with Crippen molar-refractivity contribution in [3.8, 4) is 5.75 Å². The molecule has 0 unspecified atom stereocenters. The fraction of sp³-hybridized carbons (Fsp3) is 0.591. The molecule has 0 aliphatic carbocycles. The summed E-state index contributed by atoms with van der Waals surface area (Å²) in [4.78, 5) is 4.74. The van der Waals surface area contributed by atoms with Gasteiger partial charge < -0.3 is 19.9 Å². The van der Waals surface area contributed by atoms with Crippen LogP contribution in [0.3, 0.4) is 0 Å². The van der Waals surface area contributed by atoms with E-state index < -0.39 is 0 Å². The molecule has 0 radical (unpaired) electrons. The molecular formula is C22H37IN6O. The predicted octanol–water partition coefficient (Wildman–Crippen LogP) is 4.26. The number of aliphatic imine (C=N–C) groups is 1. The molecule has 2 rings (SSSR count). The van der Waals surface area contributed by atoms with E-state index in [1.54, 1.807) is 0 Å². The van der Waals surface area contributed by atoms with Gasteiger partial charge in [0.05, 0.1) is 19.7 Å². The zero-order chi connectivity index (χ0) is 21.1. The summed E-state index contributed by atoms with van der Waals surface area (Å²) in [6.07, 6.45) is 4.80. The number of unbranched alkanes of at least 4 members (excludes halogenated alkanes) is 3. The van der Waals surface area contributed by atoms with Crippen LogP contribution in [-0.2, 0) is 20.1 Å². The summed E-state index contributed by atoms with van der Waals surface area (Å²) < 4.78 is 8.05. The minimum absolute atomic E-state index is 0. The van der Waals surface area contributed by atoms with Gasteiger partial charge in [-0.2, -0.15) is 0 Å². The summed E-state index contributed by atoms with van der Waals surface area (Å²) in [5.41, 5.74) is 2.29. The highest BCUT2D eigenvalue weighted by Crippen LogP contribution is 2.22. The van der Waals surface area contributed by atoms with Crippen LogP contribution < -0.4 is 15.4 Å². The van der Waals surface area contributed by atoms with E-state index in [4.69, 9.17) is 9.73 Å². The minimum atomic E-state index is 0. The summed E-state index contributed by atoms with van der Waals surface area (Å²) in [6.45, 7) is 11.0. The fourth-order valence-electron chi connectivity index (χ4n) is 2.91. The second-order valence-corrected chi connectivity index (χ2v) is 7.29. The first-order chi connectivity index (χ1) is 14.0. The van der Waals surface area contributed by atoms with E-state index in [1.165, 1.54) is 24.8 Å². The molecule has 0 bridgehead atoms. The zero-order valence-corrected chi connectivity index (χ0v) is 21.3. The average molecular weight is 528 g/mol.